The van der Waals surface area contributed by atoms with Crippen molar-refractivity contribution < 1.29 is 9.59 Å². The Bertz CT molecular complexity index is 1250. The lowest BCUT2D eigenvalue weighted by atomic mass is 10.0. The lowest BCUT2D eigenvalue weighted by molar-refractivity contribution is -0.119. The largest absolute Gasteiger partial charge is 0.350 e. The topological polar surface area (TPSA) is 71.1 Å². The van der Waals surface area contributed by atoms with Crippen LogP contribution in [0.15, 0.2) is 77.5 Å². The number of nitrogens with zero attached hydrogens (tertiary/aromatic N) is 1. The lowest BCUT2D eigenvalue weighted by Gasteiger charge is -2.19. The Hall–Kier alpha value is -3.15. The SMILES string of the molecule is CC(=O)NC1C=C(Cl)C(C(=O)Nc2ccc(Cl)c(-c3nccc4ccccc34)c2)=CC1. The van der Waals surface area contributed by atoms with Gasteiger partial charge in [0.1, 0.15) is 0 Å². The van der Waals surface area contributed by atoms with Crippen molar-refractivity contribution in [3.63, 3.8) is 0 Å². The zero-order valence-electron chi connectivity index (χ0n) is 16.7. The number of halogens is 2. The molecule has 0 aliphatic heterocycles. The van der Waals surface area contributed by atoms with Crippen molar-refractivity contribution in [1.29, 1.82) is 0 Å². The number of nitrogens with one attached hydrogen (secondary N) is 2. The average Bonchev–Trinajstić information content (AvgIpc) is 2.74. The van der Waals surface area contributed by atoms with E-state index in [0.29, 0.717) is 27.7 Å². The third-order valence-corrected chi connectivity index (χ3v) is 5.63. The minimum atomic E-state index is -0.332. The molecule has 5 nitrogen and oxygen atoms in total. The summed E-state index contributed by atoms with van der Waals surface area (Å²) >= 11 is 12.8. The van der Waals surface area contributed by atoms with Gasteiger partial charge in [-0.1, -0.05) is 53.5 Å². The molecule has 7 heteroatoms. The fourth-order valence-electron chi connectivity index (χ4n) is 3.56. The van der Waals surface area contributed by atoms with Crippen LogP contribution in [0.5, 0.6) is 0 Å². The van der Waals surface area contributed by atoms with E-state index in [1.54, 1.807) is 36.5 Å². The van der Waals surface area contributed by atoms with E-state index in [-0.39, 0.29) is 17.9 Å². The van der Waals surface area contributed by atoms with Crippen LogP contribution < -0.4 is 10.6 Å². The van der Waals surface area contributed by atoms with Gasteiger partial charge in [0.05, 0.1) is 27.4 Å². The first kappa shape index (κ1) is 21.1. The molecule has 0 bridgehead atoms. The van der Waals surface area contributed by atoms with Crippen molar-refractivity contribution >= 4 is 51.5 Å². The summed E-state index contributed by atoms with van der Waals surface area (Å²) < 4.78 is 0. The van der Waals surface area contributed by atoms with Crippen molar-refractivity contribution in [2.24, 2.45) is 0 Å². The Balaban J connectivity index is 1.60. The highest BCUT2D eigenvalue weighted by molar-refractivity contribution is 6.36. The summed E-state index contributed by atoms with van der Waals surface area (Å²) in [6.07, 6.45) is 5.62. The van der Waals surface area contributed by atoms with Gasteiger partial charge in [0.25, 0.3) is 5.91 Å². The quantitative estimate of drug-likeness (QED) is 0.553. The number of carbonyl (C=O) groups excluding carboxylic acids is 2. The van der Waals surface area contributed by atoms with Crippen molar-refractivity contribution in [2.45, 2.75) is 19.4 Å². The van der Waals surface area contributed by atoms with Crippen LogP contribution in [0.2, 0.25) is 5.02 Å². The van der Waals surface area contributed by atoms with E-state index in [1.165, 1.54) is 6.92 Å². The van der Waals surface area contributed by atoms with Gasteiger partial charge in [-0.2, -0.15) is 0 Å². The molecule has 0 spiro atoms. The molecule has 0 radical (unpaired) electrons. The first-order valence-corrected chi connectivity index (χ1v) is 10.5. The molecule has 156 valence electrons. The highest BCUT2D eigenvalue weighted by atomic mass is 35.5. The molecule has 2 N–H and O–H groups in total. The molecule has 1 atom stereocenters. The summed E-state index contributed by atoms with van der Waals surface area (Å²) in [5.74, 6) is -0.482. The van der Waals surface area contributed by atoms with Crippen LogP contribution in [0.25, 0.3) is 22.0 Å². The van der Waals surface area contributed by atoms with Crippen molar-refractivity contribution in [1.82, 2.24) is 10.3 Å². The van der Waals surface area contributed by atoms with Gasteiger partial charge in [0.2, 0.25) is 5.91 Å². The zero-order chi connectivity index (χ0) is 22.0. The Kier molecular flexibility index (Phi) is 6.07. The molecular formula is C24H19Cl2N3O2. The molecule has 1 heterocycles. The van der Waals surface area contributed by atoms with Crippen LogP contribution in [0.3, 0.4) is 0 Å². The lowest BCUT2D eigenvalue weighted by Crippen LogP contribution is -2.33. The summed E-state index contributed by atoms with van der Waals surface area (Å²) in [6, 6.07) is 14.9. The number of amides is 2. The smallest absolute Gasteiger partial charge is 0.256 e. The predicted molar refractivity (Wildman–Crippen MR) is 125 cm³/mol. The molecule has 2 aromatic carbocycles. The van der Waals surface area contributed by atoms with E-state index in [1.807, 2.05) is 30.3 Å². The zero-order valence-corrected chi connectivity index (χ0v) is 18.2. The maximum Gasteiger partial charge on any atom is 0.256 e. The first-order chi connectivity index (χ1) is 14.9. The summed E-state index contributed by atoms with van der Waals surface area (Å²) in [6.45, 7) is 1.44. The van der Waals surface area contributed by atoms with Crippen molar-refractivity contribution in [3.05, 3.63) is 82.5 Å². The molecule has 0 saturated heterocycles. The molecule has 1 unspecified atom stereocenters. The van der Waals surface area contributed by atoms with Crippen LogP contribution >= 0.6 is 23.2 Å². The maximum absolute atomic E-state index is 12.8. The van der Waals surface area contributed by atoms with Gasteiger partial charge in [0.15, 0.2) is 0 Å². The van der Waals surface area contributed by atoms with Gasteiger partial charge in [-0.15, -0.1) is 0 Å². The van der Waals surface area contributed by atoms with Gasteiger partial charge in [-0.25, -0.2) is 0 Å². The number of aromatic nitrogens is 1. The van der Waals surface area contributed by atoms with E-state index in [9.17, 15) is 9.59 Å². The van der Waals surface area contributed by atoms with Crippen molar-refractivity contribution in [2.75, 3.05) is 5.32 Å². The average molecular weight is 452 g/mol. The second kappa shape index (κ2) is 8.92. The second-order valence-electron chi connectivity index (χ2n) is 7.20. The van der Waals surface area contributed by atoms with Gasteiger partial charge in [0, 0.05) is 29.8 Å². The van der Waals surface area contributed by atoms with Crippen LogP contribution in [0, 0.1) is 0 Å². The van der Waals surface area contributed by atoms with E-state index in [2.05, 4.69) is 15.6 Å². The number of rotatable bonds is 4. The Morgan fingerprint density at radius 2 is 1.90 bits per heavy atom. The van der Waals surface area contributed by atoms with E-state index in [4.69, 9.17) is 23.2 Å². The number of benzene rings is 2. The third kappa shape index (κ3) is 4.63. The van der Waals surface area contributed by atoms with E-state index >= 15 is 0 Å². The van der Waals surface area contributed by atoms with Gasteiger partial charge in [-0.3, -0.25) is 14.6 Å². The van der Waals surface area contributed by atoms with Crippen LogP contribution in [0.4, 0.5) is 5.69 Å². The maximum atomic E-state index is 12.8. The summed E-state index contributed by atoms with van der Waals surface area (Å²) in [5, 5.41) is 8.51. The first-order valence-electron chi connectivity index (χ1n) is 9.72. The Labute approximate surface area is 189 Å². The third-order valence-electron chi connectivity index (χ3n) is 4.97. The normalized spacial score (nSPS) is 15.8. The summed E-state index contributed by atoms with van der Waals surface area (Å²) in [5.41, 5.74) is 2.41. The molecule has 0 fully saturated rings. The molecule has 31 heavy (non-hydrogen) atoms. The van der Waals surface area contributed by atoms with E-state index in [0.717, 1.165) is 22.0 Å². The Morgan fingerprint density at radius 3 is 2.68 bits per heavy atom. The predicted octanol–water partition coefficient (Wildman–Crippen LogP) is 5.45. The summed E-state index contributed by atoms with van der Waals surface area (Å²) in [4.78, 5) is 28.6. The molecule has 4 rings (SSSR count). The van der Waals surface area contributed by atoms with Crippen LogP contribution in [-0.2, 0) is 9.59 Å². The van der Waals surface area contributed by atoms with Gasteiger partial charge >= 0.3 is 0 Å². The van der Waals surface area contributed by atoms with Crippen LogP contribution in [0.1, 0.15) is 13.3 Å². The molecule has 1 aliphatic rings. The standard InChI is InChI=1S/C24H19Cl2N3O2/c1-14(30)28-17-6-8-19(22(26)13-17)24(31)29-16-7-9-21(25)20(12-16)23-18-5-3-2-4-15(18)10-11-27-23/h2-5,7-13,17H,6H2,1H3,(H,28,30)(H,29,31). The molecule has 0 saturated carbocycles. The Morgan fingerprint density at radius 1 is 1.10 bits per heavy atom. The molecular weight excluding hydrogens is 433 g/mol. The highest BCUT2D eigenvalue weighted by Crippen LogP contribution is 2.34. The number of hydrogen-bond donors (Lipinski definition) is 2. The number of hydrogen-bond acceptors (Lipinski definition) is 3. The highest BCUT2D eigenvalue weighted by Gasteiger charge is 2.21. The second-order valence-corrected chi connectivity index (χ2v) is 8.02. The fraction of sp³-hybridized carbons (Fsp3) is 0.125. The fourth-order valence-corrected chi connectivity index (χ4v) is 4.08. The minimum absolute atomic E-state index is 0.150. The number of pyridine rings is 1. The monoisotopic (exact) mass is 451 g/mol. The number of fused-ring (bicyclic) bond motifs is 1. The molecule has 1 aliphatic carbocycles. The minimum Gasteiger partial charge on any atom is -0.350 e. The molecule has 1 aromatic heterocycles. The number of anilines is 1. The summed E-state index contributed by atoms with van der Waals surface area (Å²) in [7, 11) is 0. The van der Waals surface area contributed by atoms with E-state index < -0.39 is 0 Å². The molecule has 2 amide bonds. The van der Waals surface area contributed by atoms with Crippen LogP contribution in [-0.4, -0.2) is 22.8 Å². The molecule has 3 aromatic rings. The van der Waals surface area contributed by atoms with Gasteiger partial charge < -0.3 is 10.6 Å². The van der Waals surface area contributed by atoms with Crippen molar-refractivity contribution in [3.8, 4) is 11.3 Å². The number of carbonyl (C=O) groups is 2. The van der Waals surface area contributed by atoms with Gasteiger partial charge in [-0.05, 0) is 42.1 Å².